The molecule has 0 aliphatic carbocycles. The molecule has 0 bridgehead atoms. The van der Waals surface area contributed by atoms with Gasteiger partial charge in [0.25, 0.3) is 0 Å². The summed E-state index contributed by atoms with van der Waals surface area (Å²) < 4.78 is 27.9. The molecule has 0 saturated heterocycles. The van der Waals surface area contributed by atoms with E-state index in [0.717, 1.165) is 0 Å². The molecule has 0 radical (unpaired) electrons. The van der Waals surface area contributed by atoms with Crippen molar-refractivity contribution in [2.45, 2.75) is 9.89 Å². The van der Waals surface area contributed by atoms with Crippen LogP contribution in [-0.2, 0) is 15.0 Å². The largest absolute Gasteiger partial charge is 0.306 e. The Morgan fingerprint density at radius 2 is 1.67 bits per heavy atom. The Morgan fingerprint density at radius 1 is 1.04 bits per heavy atom. The average Bonchev–Trinajstić information content (AvgIpc) is 2.49. The Labute approximate surface area is 157 Å². The average molecular weight is 408 g/mol. The number of hydrogen-bond acceptors (Lipinski definition) is 3. The van der Waals surface area contributed by atoms with Crippen LogP contribution in [0.1, 0.15) is 5.56 Å². The molecule has 1 atom stereocenters. The molecule has 0 aliphatic rings. The lowest BCUT2D eigenvalue weighted by atomic mass is 10.1. The smallest absolute Gasteiger partial charge is 0.242 e. The van der Waals surface area contributed by atoms with E-state index in [1.54, 1.807) is 55.4 Å². The first-order valence-corrected chi connectivity index (χ1v) is 9.64. The zero-order valence-corrected chi connectivity index (χ0v) is 16.2. The van der Waals surface area contributed by atoms with Gasteiger partial charge in [0.05, 0.1) is 14.9 Å². The molecule has 1 N–H and O–H groups in total. The number of likely N-dealkylation sites (N-methyl/N-ethyl adjacent to an activating group) is 1. The summed E-state index contributed by atoms with van der Waals surface area (Å²) in [6.07, 6.45) is 0. The van der Waals surface area contributed by atoms with E-state index in [0.29, 0.717) is 15.6 Å². The molecule has 8 heteroatoms. The standard InChI is InChI=1S/C16H17Cl3N2O2S/c1-21(2)11-16(19,12-8-9-14(17)15(18)10-12)20-24(22,23)13-6-4-3-5-7-13/h3-10,20H,11H2,1-2H3. The van der Waals surface area contributed by atoms with Crippen LogP contribution in [0.4, 0.5) is 0 Å². The van der Waals surface area contributed by atoms with Crippen molar-refractivity contribution in [2.24, 2.45) is 0 Å². The summed E-state index contributed by atoms with van der Waals surface area (Å²) in [5, 5.41) is 0.673. The van der Waals surface area contributed by atoms with Crippen molar-refractivity contribution in [3.05, 3.63) is 64.1 Å². The van der Waals surface area contributed by atoms with E-state index in [1.165, 1.54) is 12.1 Å². The third kappa shape index (κ3) is 4.63. The first kappa shape index (κ1) is 19.5. The molecule has 0 spiro atoms. The second kappa shape index (κ2) is 7.60. The molecule has 2 aromatic rings. The van der Waals surface area contributed by atoms with E-state index in [9.17, 15) is 8.42 Å². The van der Waals surface area contributed by atoms with E-state index in [4.69, 9.17) is 34.8 Å². The molecule has 0 saturated carbocycles. The first-order chi connectivity index (χ1) is 11.1. The van der Waals surface area contributed by atoms with Crippen LogP contribution >= 0.6 is 34.8 Å². The molecule has 4 nitrogen and oxygen atoms in total. The highest BCUT2D eigenvalue weighted by atomic mass is 35.5. The number of benzene rings is 2. The number of hydrogen-bond donors (Lipinski definition) is 1. The number of nitrogens with zero attached hydrogens (tertiary/aromatic N) is 1. The van der Waals surface area contributed by atoms with E-state index in [-0.39, 0.29) is 11.4 Å². The van der Waals surface area contributed by atoms with Gasteiger partial charge in [-0.2, -0.15) is 4.72 Å². The Hall–Kier alpha value is -0.820. The Morgan fingerprint density at radius 3 is 2.21 bits per heavy atom. The molecule has 2 aromatic carbocycles. The van der Waals surface area contributed by atoms with Gasteiger partial charge in [-0.3, -0.25) is 0 Å². The van der Waals surface area contributed by atoms with Gasteiger partial charge in [-0.15, -0.1) is 0 Å². The summed E-state index contributed by atoms with van der Waals surface area (Å²) in [4.78, 5) is 0.518. The summed E-state index contributed by atoms with van der Waals surface area (Å²) in [5.41, 5.74) is 0.506. The van der Waals surface area contributed by atoms with Crippen LogP contribution in [0.15, 0.2) is 53.4 Å². The van der Waals surface area contributed by atoms with Crippen LogP contribution in [0.3, 0.4) is 0 Å². The summed E-state index contributed by atoms with van der Waals surface area (Å²) in [5.74, 6) is 0. The van der Waals surface area contributed by atoms with Crippen molar-refractivity contribution in [1.82, 2.24) is 9.62 Å². The highest BCUT2D eigenvalue weighted by molar-refractivity contribution is 7.89. The third-order valence-electron chi connectivity index (χ3n) is 3.26. The zero-order valence-electron chi connectivity index (χ0n) is 13.1. The zero-order chi connectivity index (χ0) is 18.0. The predicted molar refractivity (Wildman–Crippen MR) is 99.3 cm³/mol. The number of alkyl halides is 1. The topological polar surface area (TPSA) is 49.4 Å². The molecule has 0 aliphatic heterocycles. The fourth-order valence-corrected chi connectivity index (χ4v) is 4.43. The summed E-state index contributed by atoms with van der Waals surface area (Å²) in [6.45, 7) is 0.221. The molecular weight excluding hydrogens is 391 g/mol. The van der Waals surface area contributed by atoms with Crippen LogP contribution < -0.4 is 4.72 Å². The maximum Gasteiger partial charge on any atom is 0.242 e. The van der Waals surface area contributed by atoms with Crippen LogP contribution in [0.5, 0.6) is 0 Å². The summed E-state index contributed by atoms with van der Waals surface area (Å²) >= 11 is 18.7. The number of sulfonamides is 1. The normalized spacial score (nSPS) is 14.6. The Balaban J connectivity index is 2.46. The highest BCUT2D eigenvalue weighted by Crippen LogP contribution is 2.33. The Kier molecular flexibility index (Phi) is 6.18. The summed E-state index contributed by atoms with van der Waals surface area (Å²) in [6, 6.07) is 12.8. The molecule has 130 valence electrons. The lowest BCUT2D eigenvalue weighted by Crippen LogP contribution is -2.47. The molecule has 0 heterocycles. The quantitative estimate of drug-likeness (QED) is 0.583. The van der Waals surface area contributed by atoms with Gasteiger partial charge in [0.2, 0.25) is 10.0 Å². The van der Waals surface area contributed by atoms with E-state index in [2.05, 4.69) is 4.72 Å². The van der Waals surface area contributed by atoms with Gasteiger partial charge >= 0.3 is 0 Å². The second-order valence-electron chi connectivity index (χ2n) is 5.59. The van der Waals surface area contributed by atoms with Crippen LogP contribution in [-0.4, -0.2) is 34.0 Å². The fraction of sp³-hybridized carbons (Fsp3) is 0.250. The monoisotopic (exact) mass is 406 g/mol. The maximum atomic E-state index is 12.7. The number of halogens is 3. The van der Waals surface area contributed by atoms with E-state index >= 15 is 0 Å². The Bertz CT molecular complexity index is 813. The van der Waals surface area contributed by atoms with Crippen molar-refractivity contribution in [3.8, 4) is 0 Å². The van der Waals surface area contributed by atoms with Gasteiger partial charge in [-0.25, -0.2) is 8.42 Å². The molecule has 2 rings (SSSR count). The maximum absolute atomic E-state index is 12.7. The fourth-order valence-electron chi connectivity index (χ4n) is 2.23. The molecular formula is C16H17Cl3N2O2S. The lowest BCUT2D eigenvalue weighted by Gasteiger charge is -2.31. The van der Waals surface area contributed by atoms with Crippen molar-refractivity contribution in [3.63, 3.8) is 0 Å². The van der Waals surface area contributed by atoms with Crippen LogP contribution in [0.2, 0.25) is 10.0 Å². The van der Waals surface area contributed by atoms with E-state index in [1.807, 2.05) is 0 Å². The molecule has 24 heavy (non-hydrogen) atoms. The minimum Gasteiger partial charge on any atom is -0.306 e. The van der Waals surface area contributed by atoms with Gasteiger partial charge in [-0.1, -0.05) is 59.1 Å². The van der Waals surface area contributed by atoms with Crippen molar-refractivity contribution in [1.29, 1.82) is 0 Å². The molecule has 1 unspecified atom stereocenters. The SMILES string of the molecule is CN(C)CC(Cl)(NS(=O)(=O)c1ccccc1)c1ccc(Cl)c(Cl)c1. The molecule has 0 amide bonds. The van der Waals surface area contributed by atoms with Crippen molar-refractivity contribution in [2.75, 3.05) is 20.6 Å². The minimum absolute atomic E-state index is 0.133. The second-order valence-corrected chi connectivity index (χ2v) is 8.73. The van der Waals surface area contributed by atoms with Gasteiger partial charge in [0.15, 0.2) is 0 Å². The minimum atomic E-state index is -3.82. The van der Waals surface area contributed by atoms with Gasteiger partial charge in [0, 0.05) is 6.54 Å². The first-order valence-electron chi connectivity index (χ1n) is 7.02. The van der Waals surface area contributed by atoms with Crippen LogP contribution in [0, 0.1) is 0 Å². The molecule has 0 aromatic heterocycles. The van der Waals surface area contributed by atoms with E-state index < -0.39 is 15.0 Å². The van der Waals surface area contributed by atoms with Gasteiger partial charge < -0.3 is 4.90 Å². The molecule has 0 fully saturated rings. The van der Waals surface area contributed by atoms with Crippen molar-refractivity contribution < 1.29 is 8.42 Å². The van der Waals surface area contributed by atoms with Gasteiger partial charge in [0.1, 0.15) is 5.00 Å². The highest BCUT2D eigenvalue weighted by Gasteiger charge is 2.36. The number of rotatable bonds is 6. The van der Waals surface area contributed by atoms with Crippen molar-refractivity contribution >= 4 is 44.8 Å². The lowest BCUT2D eigenvalue weighted by molar-refractivity contribution is 0.336. The van der Waals surface area contributed by atoms with Gasteiger partial charge in [-0.05, 0) is 43.9 Å². The number of nitrogens with one attached hydrogen (secondary N) is 1. The van der Waals surface area contributed by atoms with Crippen LogP contribution in [0.25, 0.3) is 0 Å². The third-order valence-corrected chi connectivity index (χ3v) is 6.05. The predicted octanol–water partition coefficient (Wildman–Crippen LogP) is 3.93. The summed E-state index contributed by atoms with van der Waals surface area (Å²) in [7, 11) is -0.225.